The highest BCUT2D eigenvalue weighted by Crippen LogP contribution is 2.65. The van der Waals surface area contributed by atoms with Crippen LogP contribution in [0.25, 0.3) is 0 Å². The van der Waals surface area contributed by atoms with Gasteiger partial charge in [0.15, 0.2) is 0 Å². The Hall–Kier alpha value is -2.17. The van der Waals surface area contributed by atoms with Crippen LogP contribution >= 0.6 is 0 Å². The van der Waals surface area contributed by atoms with Gasteiger partial charge in [-0.25, -0.2) is 4.98 Å². The minimum Gasteiger partial charge on any atom is -0.338 e. The van der Waals surface area contributed by atoms with Crippen LogP contribution < -0.4 is 5.32 Å². The number of rotatable bonds is 2. The third-order valence-corrected chi connectivity index (χ3v) is 9.61. The first-order valence-electron chi connectivity index (χ1n) is 11.9. The van der Waals surface area contributed by atoms with Crippen molar-refractivity contribution in [3.8, 4) is 0 Å². The summed E-state index contributed by atoms with van der Waals surface area (Å²) in [6.07, 6.45) is 12.4. The first-order chi connectivity index (χ1) is 14.7. The highest BCUT2D eigenvalue weighted by Gasteiger charge is 2.61. The number of fused-ring (bicyclic) bond motifs is 5. The van der Waals surface area contributed by atoms with E-state index in [-0.39, 0.29) is 28.6 Å². The molecule has 5 rings (SSSR count). The predicted octanol–water partition coefficient (Wildman–Crippen LogP) is 4.58. The van der Waals surface area contributed by atoms with Crippen LogP contribution in [0.1, 0.15) is 57.9 Å². The summed E-state index contributed by atoms with van der Waals surface area (Å²) < 4.78 is 0. The fourth-order valence-corrected chi connectivity index (χ4v) is 7.92. The largest absolute Gasteiger partial charge is 0.338 e. The number of hydrogen-bond acceptors (Lipinski definition) is 3. The number of nitrogens with zero attached hydrogens (tertiary/aromatic N) is 2. The Morgan fingerprint density at radius 2 is 1.94 bits per heavy atom. The van der Waals surface area contributed by atoms with Crippen molar-refractivity contribution in [1.82, 2.24) is 9.88 Å². The summed E-state index contributed by atoms with van der Waals surface area (Å²) in [4.78, 5) is 31.9. The summed E-state index contributed by atoms with van der Waals surface area (Å²) in [5, 5.41) is 3.10. The van der Waals surface area contributed by atoms with E-state index in [1.807, 2.05) is 31.0 Å². The van der Waals surface area contributed by atoms with Crippen LogP contribution in [0.4, 0.5) is 5.82 Å². The van der Waals surface area contributed by atoms with Crippen LogP contribution in [0.5, 0.6) is 0 Å². The fourth-order valence-electron chi connectivity index (χ4n) is 7.92. The van der Waals surface area contributed by atoms with E-state index in [9.17, 15) is 9.59 Å². The molecule has 0 unspecified atom stereocenters. The second kappa shape index (κ2) is 7.18. The molecule has 5 heteroatoms. The Labute approximate surface area is 185 Å². The van der Waals surface area contributed by atoms with Gasteiger partial charge >= 0.3 is 0 Å². The molecule has 2 heterocycles. The van der Waals surface area contributed by atoms with Crippen molar-refractivity contribution >= 4 is 17.6 Å². The van der Waals surface area contributed by atoms with Gasteiger partial charge in [0.05, 0.1) is 0 Å². The highest BCUT2D eigenvalue weighted by molar-refractivity contribution is 5.92. The molecule has 3 saturated carbocycles. The molecule has 0 spiro atoms. The monoisotopic (exact) mass is 421 g/mol. The maximum atomic E-state index is 13.3. The Kier molecular flexibility index (Phi) is 4.80. The van der Waals surface area contributed by atoms with Gasteiger partial charge in [-0.2, -0.15) is 0 Å². The Balaban J connectivity index is 1.37. The van der Waals surface area contributed by atoms with Crippen LogP contribution in [-0.4, -0.2) is 34.8 Å². The second-order valence-corrected chi connectivity index (χ2v) is 11.0. The number of likely N-dealkylation sites (N-methyl/N-ethyl adjacent to an activating group) is 1. The number of aromatic nitrogens is 1. The zero-order valence-electron chi connectivity index (χ0n) is 19.2. The summed E-state index contributed by atoms with van der Waals surface area (Å²) in [5.41, 5.74) is 1.20. The molecule has 1 N–H and O–H groups in total. The van der Waals surface area contributed by atoms with Gasteiger partial charge in [-0.1, -0.05) is 26.0 Å². The van der Waals surface area contributed by atoms with Crippen molar-refractivity contribution in [1.29, 1.82) is 0 Å². The van der Waals surface area contributed by atoms with Gasteiger partial charge in [0.1, 0.15) is 5.82 Å². The Morgan fingerprint density at radius 3 is 2.68 bits per heavy atom. The van der Waals surface area contributed by atoms with E-state index < -0.39 is 0 Å². The van der Waals surface area contributed by atoms with E-state index in [0.29, 0.717) is 29.6 Å². The maximum absolute atomic E-state index is 13.3. The Morgan fingerprint density at radius 1 is 1.13 bits per heavy atom. The second-order valence-electron chi connectivity index (χ2n) is 11.0. The zero-order chi connectivity index (χ0) is 22.0. The average molecular weight is 422 g/mol. The molecule has 3 aliphatic carbocycles. The molecule has 4 aliphatic rings. The molecule has 0 bridgehead atoms. The quantitative estimate of drug-likeness (QED) is 0.760. The first kappa shape index (κ1) is 20.7. The normalized spacial score (nSPS) is 41.4. The molecule has 3 fully saturated rings. The SMILES string of the molecule is Cc1ccc(NC(=O)[C@H]2CC[C@H]3[C@@H]4CC[C@H]5N(C)C(=O)C=C[C@]5(C)[C@H]4CC[C@]23C)nc1. The molecule has 0 radical (unpaired) electrons. The van der Waals surface area contributed by atoms with Crippen LogP contribution in [0.3, 0.4) is 0 Å². The topological polar surface area (TPSA) is 62.3 Å². The van der Waals surface area contributed by atoms with E-state index >= 15 is 0 Å². The molecule has 2 amide bonds. The van der Waals surface area contributed by atoms with Gasteiger partial charge in [0.25, 0.3) is 0 Å². The van der Waals surface area contributed by atoms with Gasteiger partial charge in [-0.15, -0.1) is 0 Å². The van der Waals surface area contributed by atoms with Gasteiger partial charge in [-0.3, -0.25) is 9.59 Å². The number of hydrogen-bond donors (Lipinski definition) is 1. The van der Waals surface area contributed by atoms with Crippen LogP contribution in [0, 0.1) is 41.4 Å². The number of aryl methyl sites for hydroxylation is 1. The van der Waals surface area contributed by atoms with Crippen molar-refractivity contribution in [2.45, 2.75) is 65.3 Å². The van der Waals surface area contributed by atoms with E-state index in [2.05, 4.69) is 30.2 Å². The lowest BCUT2D eigenvalue weighted by atomic mass is 9.47. The van der Waals surface area contributed by atoms with Crippen LogP contribution in [0.15, 0.2) is 30.5 Å². The number of nitrogens with one attached hydrogen (secondary N) is 1. The van der Waals surface area contributed by atoms with Crippen molar-refractivity contribution < 1.29 is 9.59 Å². The third kappa shape index (κ3) is 3.07. The van der Waals surface area contributed by atoms with Crippen LogP contribution in [-0.2, 0) is 9.59 Å². The number of pyridine rings is 1. The van der Waals surface area contributed by atoms with Crippen molar-refractivity contribution in [3.05, 3.63) is 36.0 Å². The van der Waals surface area contributed by atoms with Crippen molar-refractivity contribution in [3.63, 3.8) is 0 Å². The predicted molar refractivity (Wildman–Crippen MR) is 121 cm³/mol. The summed E-state index contributed by atoms with van der Waals surface area (Å²) in [6.45, 7) is 6.75. The molecule has 1 aromatic heterocycles. The van der Waals surface area contributed by atoms with E-state index in [4.69, 9.17) is 0 Å². The molecule has 0 aromatic carbocycles. The van der Waals surface area contributed by atoms with E-state index in [1.54, 1.807) is 12.3 Å². The summed E-state index contributed by atoms with van der Waals surface area (Å²) in [5.74, 6) is 2.81. The first-order valence-corrected chi connectivity index (χ1v) is 11.9. The number of carbonyl (C=O) groups excluding carboxylic acids is 2. The van der Waals surface area contributed by atoms with Gasteiger partial charge in [0, 0.05) is 30.6 Å². The van der Waals surface area contributed by atoms with Gasteiger partial charge < -0.3 is 10.2 Å². The van der Waals surface area contributed by atoms with Crippen molar-refractivity contribution in [2.75, 3.05) is 12.4 Å². The molecule has 5 nitrogen and oxygen atoms in total. The van der Waals surface area contributed by atoms with Gasteiger partial charge in [-0.05, 0) is 86.3 Å². The molecule has 31 heavy (non-hydrogen) atoms. The Bertz CT molecular complexity index is 925. The highest BCUT2D eigenvalue weighted by atomic mass is 16.2. The molecule has 0 saturated heterocycles. The molecule has 7 atom stereocenters. The number of anilines is 1. The molecule has 166 valence electrons. The zero-order valence-corrected chi connectivity index (χ0v) is 19.2. The molecular weight excluding hydrogens is 386 g/mol. The number of carbonyl (C=O) groups is 2. The summed E-state index contributed by atoms with van der Waals surface area (Å²) in [6, 6.07) is 4.20. The minimum atomic E-state index is 0.0539. The summed E-state index contributed by atoms with van der Waals surface area (Å²) >= 11 is 0. The molecular formula is C26H35N3O2. The molecule has 1 aliphatic heterocycles. The van der Waals surface area contributed by atoms with Crippen LogP contribution in [0.2, 0.25) is 0 Å². The average Bonchev–Trinajstić information content (AvgIpc) is 3.10. The maximum Gasteiger partial charge on any atom is 0.246 e. The minimum absolute atomic E-state index is 0.0539. The standard InChI is InChI=1S/C26H35N3O2/c1-16-5-10-22(27-15-16)28-24(31)20-8-7-18-17-6-9-21-26(3,14-12-23(30)29(21)4)19(17)11-13-25(18,20)2/h5,10,12,14-15,17-21H,6-9,11,13H2,1-4H3,(H,27,28,31)/t17-,18-,19-,20+,21+,25-,26+/m0/s1. The van der Waals surface area contributed by atoms with Crippen molar-refractivity contribution in [2.24, 2.45) is 34.5 Å². The lowest BCUT2D eigenvalue weighted by Gasteiger charge is -2.60. The smallest absolute Gasteiger partial charge is 0.246 e. The molecule has 1 aromatic rings. The van der Waals surface area contributed by atoms with E-state index in [1.165, 1.54) is 6.42 Å². The summed E-state index contributed by atoms with van der Waals surface area (Å²) in [7, 11) is 1.97. The number of amides is 2. The lowest BCUT2D eigenvalue weighted by Crippen LogP contribution is -2.59. The van der Waals surface area contributed by atoms with Gasteiger partial charge in [0.2, 0.25) is 11.8 Å². The van der Waals surface area contributed by atoms with E-state index in [0.717, 1.165) is 37.7 Å². The fraction of sp³-hybridized carbons (Fsp3) is 0.654. The third-order valence-electron chi connectivity index (χ3n) is 9.61. The lowest BCUT2D eigenvalue weighted by molar-refractivity contribution is -0.141.